The zero-order chi connectivity index (χ0) is 15.9. The minimum absolute atomic E-state index is 0.0167. The molecule has 1 atom stereocenters. The van der Waals surface area contributed by atoms with Crippen LogP contribution in [0.2, 0.25) is 0 Å². The number of hydrogen-bond acceptors (Lipinski definition) is 5. The van der Waals surface area contributed by atoms with E-state index >= 15 is 0 Å². The Labute approximate surface area is 132 Å². The average molecular weight is 321 g/mol. The number of hydrogen-bond donors (Lipinski definition) is 3. The Kier molecular flexibility index (Phi) is 13.6. The number of aliphatic carboxylic acids is 1. The van der Waals surface area contributed by atoms with E-state index in [1.165, 1.54) is 0 Å². The molecule has 0 fully saturated rings. The number of carboxylic acids is 1. The van der Waals surface area contributed by atoms with Crippen molar-refractivity contribution in [1.82, 2.24) is 5.32 Å². The summed E-state index contributed by atoms with van der Waals surface area (Å²) in [6, 6.07) is 0. The molecule has 124 valence electrons. The van der Waals surface area contributed by atoms with Crippen molar-refractivity contribution < 1.29 is 24.2 Å². The van der Waals surface area contributed by atoms with Gasteiger partial charge >= 0.3 is 5.97 Å². The summed E-state index contributed by atoms with van der Waals surface area (Å²) in [7, 11) is 0. The maximum atomic E-state index is 11.2. The van der Waals surface area contributed by atoms with E-state index in [9.17, 15) is 9.59 Å². The van der Waals surface area contributed by atoms with Crippen LogP contribution in [0.5, 0.6) is 0 Å². The fourth-order valence-corrected chi connectivity index (χ4v) is 1.88. The second-order valence-corrected chi connectivity index (χ2v) is 5.12. The lowest BCUT2D eigenvalue weighted by Gasteiger charge is -2.17. The molecule has 0 aliphatic carbocycles. The highest BCUT2D eigenvalue weighted by atomic mass is 32.1. The smallest absolute Gasteiger partial charge is 0.303 e. The van der Waals surface area contributed by atoms with Gasteiger partial charge in [0.25, 0.3) is 0 Å². The van der Waals surface area contributed by atoms with Crippen LogP contribution >= 0.6 is 12.6 Å². The first-order chi connectivity index (χ1) is 10.1. The van der Waals surface area contributed by atoms with Crippen LogP contribution in [0.4, 0.5) is 0 Å². The van der Waals surface area contributed by atoms with Crippen molar-refractivity contribution in [3.63, 3.8) is 0 Å². The van der Waals surface area contributed by atoms with E-state index in [0.717, 1.165) is 12.8 Å². The predicted molar refractivity (Wildman–Crippen MR) is 83.8 cm³/mol. The van der Waals surface area contributed by atoms with Gasteiger partial charge in [0.15, 0.2) is 0 Å². The lowest BCUT2D eigenvalue weighted by Crippen LogP contribution is -2.29. The summed E-state index contributed by atoms with van der Waals surface area (Å²) in [5, 5.41) is 11.3. The molecule has 21 heavy (non-hydrogen) atoms. The third-order valence-corrected chi connectivity index (χ3v) is 2.93. The zero-order valence-electron chi connectivity index (χ0n) is 12.7. The molecule has 2 N–H and O–H groups in total. The Hall–Kier alpha value is -0.790. The second kappa shape index (κ2) is 14.2. The second-order valence-electron chi connectivity index (χ2n) is 4.68. The number of thiol groups is 1. The van der Waals surface area contributed by atoms with E-state index in [4.69, 9.17) is 14.6 Å². The van der Waals surface area contributed by atoms with Gasteiger partial charge in [0, 0.05) is 26.0 Å². The van der Waals surface area contributed by atoms with Crippen LogP contribution in [-0.2, 0) is 19.1 Å². The van der Waals surface area contributed by atoms with Crippen LogP contribution in [0.1, 0.15) is 39.0 Å². The van der Waals surface area contributed by atoms with Crippen molar-refractivity contribution >= 4 is 24.5 Å². The van der Waals surface area contributed by atoms with Crippen LogP contribution < -0.4 is 5.32 Å². The Morgan fingerprint density at radius 3 is 2.67 bits per heavy atom. The van der Waals surface area contributed by atoms with Crippen molar-refractivity contribution in [3.8, 4) is 0 Å². The molecule has 0 saturated heterocycles. The molecule has 1 amide bonds. The van der Waals surface area contributed by atoms with Crippen LogP contribution in [0.25, 0.3) is 0 Å². The summed E-state index contributed by atoms with van der Waals surface area (Å²) in [5.41, 5.74) is 0. The predicted octanol–water partition coefficient (Wildman–Crippen LogP) is 1.49. The Morgan fingerprint density at radius 2 is 2.05 bits per heavy atom. The van der Waals surface area contributed by atoms with E-state index in [1.54, 1.807) is 0 Å². The van der Waals surface area contributed by atoms with Crippen molar-refractivity contribution in [1.29, 1.82) is 0 Å². The molecular formula is C14H27NO5S. The van der Waals surface area contributed by atoms with Gasteiger partial charge in [-0.15, -0.1) is 0 Å². The molecule has 0 aromatic rings. The van der Waals surface area contributed by atoms with Gasteiger partial charge in [-0.05, 0) is 18.6 Å². The first-order valence-electron chi connectivity index (χ1n) is 7.38. The summed E-state index contributed by atoms with van der Waals surface area (Å²) in [6.07, 6.45) is 2.88. The van der Waals surface area contributed by atoms with Gasteiger partial charge in [-0.2, -0.15) is 12.6 Å². The summed E-state index contributed by atoms with van der Waals surface area (Å²) in [6.45, 7) is 3.87. The zero-order valence-corrected chi connectivity index (χ0v) is 13.6. The van der Waals surface area contributed by atoms with Crippen molar-refractivity contribution in [2.75, 3.05) is 32.1 Å². The summed E-state index contributed by atoms with van der Waals surface area (Å²) in [5.74, 6) is -0.294. The number of carbonyl (C=O) groups excluding carboxylic acids is 1. The highest BCUT2D eigenvalue weighted by Gasteiger charge is 2.09. The van der Waals surface area contributed by atoms with E-state index < -0.39 is 5.97 Å². The highest BCUT2D eigenvalue weighted by Crippen LogP contribution is 2.04. The van der Waals surface area contributed by atoms with Crippen LogP contribution in [0.3, 0.4) is 0 Å². The van der Waals surface area contributed by atoms with Crippen molar-refractivity contribution in [2.24, 2.45) is 0 Å². The van der Waals surface area contributed by atoms with Gasteiger partial charge in [-0.25, -0.2) is 0 Å². The highest BCUT2D eigenvalue weighted by molar-refractivity contribution is 7.80. The normalized spacial score (nSPS) is 12.1. The lowest BCUT2D eigenvalue weighted by atomic mass is 10.2. The van der Waals surface area contributed by atoms with E-state index in [-0.39, 0.29) is 18.4 Å². The summed E-state index contributed by atoms with van der Waals surface area (Å²) in [4.78, 5) is 21.6. The molecule has 0 aliphatic heterocycles. The first kappa shape index (κ1) is 20.2. The SMILES string of the molecule is CCCC(COCCNC(=O)CCS)OCCCC(=O)O. The number of amides is 1. The fraction of sp³-hybridized carbons (Fsp3) is 0.857. The molecule has 7 heteroatoms. The Morgan fingerprint density at radius 1 is 1.29 bits per heavy atom. The van der Waals surface area contributed by atoms with Crippen LogP contribution in [0.15, 0.2) is 0 Å². The number of carboxylic acid groups (broad SMARTS) is 1. The molecule has 0 saturated carbocycles. The van der Waals surface area contributed by atoms with Gasteiger partial charge in [0.1, 0.15) is 0 Å². The fourth-order valence-electron chi connectivity index (χ4n) is 1.68. The summed E-state index contributed by atoms with van der Waals surface area (Å²) >= 11 is 3.98. The molecule has 0 spiro atoms. The molecule has 6 nitrogen and oxygen atoms in total. The van der Waals surface area contributed by atoms with Gasteiger partial charge in [0.2, 0.25) is 5.91 Å². The van der Waals surface area contributed by atoms with Gasteiger partial charge in [-0.1, -0.05) is 13.3 Å². The number of carbonyl (C=O) groups is 2. The van der Waals surface area contributed by atoms with E-state index in [0.29, 0.717) is 45.0 Å². The molecule has 0 radical (unpaired) electrons. The monoisotopic (exact) mass is 321 g/mol. The van der Waals surface area contributed by atoms with Gasteiger partial charge < -0.3 is 19.9 Å². The molecule has 1 unspecified atom stereocenters. The quantitative estimate of drug-likeness (QED) is 0.333. The minimum Gasteiger partial charge on any atom is -0.481 e. The molecule has 0 aliphatic rings. The van der Waals surface area contributed by atoms with E-state index in [1.807, 2.05) is 0 Å². The molecule has 0 heterocycles. The Balaban J connectivity index is 3.64. The maximum Gasteiger partial charge on any atom is 0.303 e. The van der Waals surface area contributed by atoms with Gasteiger partial charge in [-0.3, -0.25) is 9.59 Å². The topological polar surface area (TPSA) is 84.9 Å². The largest absolute Gasteiger partial charge is 0.481 e. The van der Waals surface area contributed by atoms with E-state index in [2.05, 4.69) is 24.9 Å². The molecule has 0 rings (SSSR count). The van der Waals surface area contributed by atoms with Crippen molar-refractivity contribution in [2.45, 2.75) is 45.1 Å². The lowest BCUT2D eigenvalue weighted by molar-refractivity contribution is -0.137. The molecule has 0 aromatic heterocycles. The number of rotatable bonds is 14. The van der Waals surface area contributed by atoms with Crippen LogP contribution in [0, 0.1) is 0 Å². The molecule has 0 aromatic carbocycles. The third-order valence-electron chi connectivity index (χ3n) is 2.71. The molecular weight excluding hydrogens is 294 g/mol. The average Bonchev–Trinajstić information content (AvgIpc) is 2.43. The summed E-state index contributed by atoms with van der Waals surface area (Å²) < 4.78 is 11.1. The number of ether oxygens (including phenoxy) is 2. The standard InChI is InChI=1S/C14H27NO5S/c1-2-4-12(20-8-3-5-14(17)18)11-19-9-7-15-13(16)6-10-21/h12,21H,2-11H2,1H3,(H,15,16)(H,17,18). The van der Waals surface area contributed by atoms with Crippen molar-refractivity contribution in [3.05, 3.63) is 0 Å². The third kappa shape index (κ3) is 13.9. The van der Waals surface area contributed by atoms with Crippen LogP contribution in [-0.4, -0.2) is 55.2 Å². The van der Waals surface area contributed by atoms with Gasteiger partial charge in [0.05, 0.1) is 19.3 Å². The molecule has 0 bridgehead atoms. The first-order valence-corrected chi connectivity index (χ1v) is 8.02. The number of nitrogens with one attached hydrogen (secondary N) is 1. The Bertz CT molecular complexity index is 289. The maximum absolute atomic E-state index is 11.2. The minimum atomic E-state index is -0.807.